The molecule has 1 aromatic carbocycles. The molecule has 2 aliphatic rings. The summed E-state index contributed by atoms with van der Waals surface area (Å²) in [6, 6.07) is 7.86. The van der Waals surface area contributed by atoms with E-state index in [2.05, 4.69) is 29.8 Å². The molecular weight excluding hydrogens is 314 g/mol. The number of hydrogen-bond acceptors (Lipinski definition) is 3. The zero-order chi connectivity index (χ0) is 17.8. The molecule has 0 bridgehead atoms. The average molecular weight is 343 g/mol. The van der Waals surface area contributed by atoms with Crippen molar-refractivity contribution in [3.8, 4) is 0 Å². The lowest BCUT2D eigenvalue weighted by Gasteiger charge is -2.35. The Morgan fingerprint density at radius 2 is 1.80 bits per heavy atom. The highest BCUT2D eigenvalue weighted by atomic mass is 16.2. The van der Waals surface area contributed by atoms with Crippen LogP contribution in [0.3, 0.4) is 0 Å². The Morgan fingerprint density at radius 3 is 2.48 bits per heavy atom. The lowest BCUT2D eigenvalue weighted by Crippen LogP contribution is -2.45. The molecule has 1 aromatic rings. The molecule has 2 fully saturated rings. The molecule has 2 amide bonds. The third-order valence-corrected chi connectivity index (χ3v) is 5.36. The largest absolute Gasteiger partial charge is 0.349 e. The van der Waals surface area contributed by atoms with Crippen LogP contribution in [0.2, 0.25) is 0 Å². The Balaban J connectivity index is 1.51. The van der Waals surface area contributed by atoms with Crippen molar-refractivity contribution in [2.45, 2.75) is 58.0 Å². The summed E-state index contributed by atoms with van der Waals surface area (Å²) in [6.45, 7) is 4.82. The van der Waals surface area contributed by atoms with Crippen molar-refractivity contribution in [1.29, 1.82) is 0 Å². The topological polar surface area (TPSA) is 70.2 Å². The maximum Gasteiger partial charge on any atom is 0.251 e. The molecule has 2 saturated carbocycles. The molecule has 5 heteroatoms. The Labute approximate surface area is 150 Å². The number of hydrogen-bond donors (Lipinski definition) is 3. The minimum atomic E-state index is -0.0680. The Kier molecular flexibility index (Phi) is 5.74. The van der Waals surface area contributed by atoms with Gasteiger partial charge in [-0.3, -0.25) is 9.59 Å². The first-order chi connectivity index (χ1) is 12.0. The van der Waals surface area contributed by atoms with E-state index in [1.807, 2.05) is 6.07 Å². The number of carbonyl (C=O) groups is 2. The van der Waals surface area contributed by atoms with E-state index in [9.17, 15) is 9.59 Å². The van der Waals surface area contributed by atoms with Gasteiger partial charge in [0.1, 0.15) is 0 Å². The van der Waals surface area contributed by atoms with Gasteiger partial charge in [-0.1, -0.05) is 26.3 Å². The molecule has 0 unspecified atom stereocenters. The average Bonchev–Trinajstić information content (AvgIpc) is 3.38. The van der Waals surface area contributed by atoms with Gasteiger partial charge in [0.25, 0.3) is 5.91 Å². The molecule has 0 saturated heterocycles. The fourth-order valence-corrected chi connectivity index (χ4v) is 3.73. The molecule has 25 heavy (non-hydrogen) atoms. The van der Waals surface area contributed by atoms with E-state index in [0.717, 1.165) is 12.8 Å². The number of benzene rings is 1. The predicted octanol–water partition coefficient (Wildman–Crippen LogP) is 2.93. The van der Waals surface area contributed by atoms with Gasteiger partial charge in [-0.05, 0) is 55.7 Å². The summed E-state index contributed by atoms with van der Waals surface area (Å²) >= 11 is 0. The van der Waals surface area contributed by atoms with Crippen molar-refractivity contribution in [3.63, 3.8) is 0 Å². The second-order valence-electron chi connectivity index (χ2n) is 7.67. The fraction of sp³-hybridized carbons (Fsp3) is 0.600. The molecule has 3 rings (SSSR count). The smallest absolute Gasteiger partial charge is 0.251 e. The van der Waals surface area contributed by atoms with E-state index in [0.29, 0.717) is 41.7 Å². The summed E-state index contributed by atoms with van der Waals surface area (Å²) < 4.78 is 0. The van der Waals surface area contributed by atoms with Gasteiger partial charge in [0.15, 0.2) is 0 Å². The molecule has 0 heterocycles. The minimum Gasteiger partial charge on any atom is -0.349 e. The highest BCUT2D eigenvalue weighted by Crippen LogP contribution is 2.28. The van der Waals surface area contributed by atoms with Crippen molar-refractivity contribution in [2.24, 2.45) is 11.8 Å². The molecular formula is C20H29N3O2. The third kappa shape index (κ3) is 5.05. The van der Waals surface area contributed by atoms with Gasteiger partial charge in [-0.2, -0.15) is 0 Å². The summed E-state index contributed by atoms with van der Waals surface area (Å²) in [7, 11) is 0. The van der Waals surface area contributed by atoms with Gasteiger partial charge >= 0.3 is 0 Å². The highest BCUT2D eigenvalue weighted by Gasteiger charge is 2.27. The first-order valence-corrected chi connectivity index (χ1v) is 9.47. The van der Waals surface area contributed by atoms with Crippen LogP contribution in [0.15, 0.2) is 24.3 Å². The minimum absolute atomic E-state index is 0.0651. The lowest BCUT2D eigenvalue weighted by molar-refractivity contribution is -0.115. The van der Waals surface area contributed by atoms with Gasteiger partial charge in [-0.15, -0.1) is 0 Å². The van der Waals surface area contributed by atoms with Crippen LogP contribution >= 0.6 is 0 Å². The summed E-state index contributed by atoms with van der Waals surface area (Å²) in [5.74, 6) is 1.07. The summed E-state index contributed by atoms with van der Waals surface area (Å²) in [5, 5.41) is 9.28. The van der Waals surface area contributed by atoms with Crippen LogP contribution in [0, 0.1) is 11.8 Å². The molecule has 0 aromatic heterocycles. The zero-order valence-corrected chi connectivity index (χ0v) is 15.2. The van der Waals surface area contributed by atoms with Crippen molar-refractivity contribution in [2.75, 3.05) is 11.9 Å². The SMILES string of the molecule is C[C@H]1CCC[C@H](C)C1NCC(=O)Nc1cccc(C(=O)NC2CC2)c1. The van der Waals surface area contributed by atoms with Gasteiger partial charge in [-0.25, -0.2) is 0 Å². The maximum atomic E-state index is 12.3. The normalized spacial score (nSPS) is 23.9. The molecule has 3 N–H and O–H groups in total. The van der Waals surface area contributed by atoms with Crippen LogP contribution in [-0.2, 0) is 4.79 Å². The molecule has 5 nitrogen and oxygen atoms in total. The standard InChI is InChI=1S/C20H29N3O2/c1-13-5-3-6-14(2)19(13)21-12-18(24)22-17-8-4-7-15(11-17)20(25)23-16-9-10-16/h4,7-8,11,13-14,16,19,21H,3,5-6,9-10,12H2,1-2H3,(H,22,24)(H,23,25)/t13-,14-/m0/s1. The first kappa shape index (κ1) is 17.9. The summed E-state index contributed by atoms with van der Waals surface area (Å²) in [6.07, 6.45) is 5.85. The van der Waals surface area contributed by atoms with E-state index in [1.54, 1.807) is 18.2 Å². The Hall–Kier alpha value is -1.88. The second kappa shape index (κ2) is 8.00. The Bertz CT molecular complexity index is 617. The first-order valence-electron chi connectivity index (χ1n) is 9.47. The number of rotatable bonds is 6. The van der Waals surface area contributed by atoms with Crippen LogP contribution in [0.4, 0.5) is 5.69 Å². The van der Waals surface area contributed by atoms with Crippen molar-refractivity contribution in [3.05, 3.63) is 29.8 Å². The second-order valence-corrected chi connectivity index (χ2v) is 7.67. The van der Waals surface area contributed by atoms with Crippen LogP contribution in [0.5, 0.6) is 0 Å². The number of anilines is 1. The van der Waals surface area contributed by atoms with Crippen LogP contribution in [0.25, 0.3) is 0 Å². The number of carbonyl (C=O) groups excluding carboxylic acids is 2. The zero-order valence-electron chi connectivity index (χ0n) is 15.2. The fourth-order valence-electron chi connectivity index (χ4n) is 3.73. The molecule has 0 aliphatic heterocycles. The van der Waals surface area contributed by atoms with E-state index in [-0.39, 0.29) is 11.8 Å². The summed E-state index contributed by atoms with van der Waals surface area (Å²) in [5.41, 5.74) is 1.26. The van der Waals surface area contributed by atoms with E-state index in [4.69, 9.17) is 0 Å². The third-order valence-electron chi connectivity index (χ3n) is 5.36. The van der Waals surface area contributed by atoms with Crippen LogP contribution in [0.1, 0.15) is 56.3 Å². The molecule has 136 valence electrons. The quantitative estimate of drug-likeness (QED) is 0.744. The maximum absolute atomic E-state index is 12.3. The van der Waals surface area contributed by atoms with Crippen LogP contribution < -0.4 is 16.0 Å². The number of nitrogens with one attached hydrogen (secondary N) is 3. The molecule has 0 spiro atoms. The number of amides is 2. The van der Waals surface area contributed by atoms with Gasteiger partial charge in [0, 0.05) is 23.3 Å². The molecule has 2 aliphatic carbocycles. The Morgan fingerprint density at radius 1 is 1.08 bits per heavy atom. The van der Waals surface area contributed by atoms with Gasteiger partial charge < -0.3 is 16.0 Å². The van der Waals surface area contributed by atoms with E-state index in [1.165, 1.54) is 19.3 Å². The predicted molar refractivity (Wildman–Crippen MR) is 99.5 cm³/mol. The van der Waals surface area contributed by atoms with Gasteiger partial charge in [0.2, 0.25) is 5.91 Å². The monoisotopic (exact) mass is 343 g/mol. The highest BCUT2D eigenvalue weighted by molar-refractivity contribution is 5.97. The van der Waals surface area contributed by atoms with Crippen molar-refractivity contribution >= 4 is 17.5 Å². The van der Waals surface area contributed by atoms with E-state index >= 15 is 0 Å². The molecule has 2 atom stereocenters. The van der Waals surface area contributed by atoms with Crippen molar-refractivity contribution in [1.82, 2.24) is 10.6 Å². The lowest BCUT2D eigenvalue weighted by atomic mass is 9.79. The molecule has 0 radical (unpaired) electrons. The van der Waals surface area contributed by atoms with Crippen LogP contribution in [-0.4, -0.2) is 30.4 Å². The van der Waals surface area contributed by atoms with Gasteiger partial charge in [0.05, 0.1) is 6.54 Å². The van der Waals surface area contributed by atoms with Crippen molar-refractivity contribution < 1.29 is 9.59 Å². The van der Waals surface area contributed by atoms with E-state index < -0.39 is 0 Å². The summed E-state index contributed by atoms with van der Waals surface area (Å²) in [4.78, 5) is 24.4.